The summed E-state index contributed by atoms with van der Waals surface area (Å²) in [5.41, 5.74) is 1.28. The molecular formula is C22H25N3O6. The van der Waals surface area contributed by atoms with Crippen LogP contribution in [-0.2, 0) is 19.1 Å². The van der Waals surface area contributed by atoms with Gasteiger partial charge in [0, 0.05) is 24.2 Å². The van der Waals surface area contributed by atoms with E-state index in [1.54, 1.807) is 49.4 Å². The molecule has 9 heteroatoms. The summed E-state index contributed by atoms with van der Waals surface area (Å²) in [6.45, 7) is 2.53. The van der Waals surface area contributed by atoms with E-state index in [0.717, 1.165) is 0 Å². The van der Waals surface area contributed by atoms with Gasteiger partial charge in [0.2, 0.25) is 5.91 Å². The minimum absolute atomic E-state index is 0.0901. The third-order valence-electron chi connectivity index (χ3n) is 4.04. The van der Waals surface area contributed by atoms with E-state index < -0.39 is 24.5 Å². The van der Waals surface area contributed by atoms with Crippen LogP contribution in [0.15, 0.2) is 48.5 Å². The zero-order valence-corrected chi connectivity index (χ0v) is 17.6. The summed E-state index contributed by atoms with van der Waals surface area (Å²) in [6.07, 6.45) is -0.0901. The summed E-state index contributed by atoms with van der Waals surface area (Å²) in [7, 11) is 1.44. The molecule has 1 unspecified atom stereocenters. The molecule has 0 aliphatic rings. The molecule has 9 nitrogen and oxygen atoms in total. The van der Waals surface area contributed by atoms with E-state index in [9.17, 15) is 19.2 Å². The highest BCUT2D eigenvalue weighted by Gasteiger charge is 2.16. The Balaban J connectivity index is 1.83. The quantitative estimate of drug-likeness (QED) is 0.528. The zero-order chi connectivity index (χ0) is 22.8. The lowest BCUT2D eigenvalue weighted by Gasteiger charge is -2.14. The predicted molar refractivity (Wildman–Crippen MR) is 115 cm³/mol. The first-order chi connectivity index (χ1) is 14.8. The first-order valence-electron chi connectivity index (χ1n) is 9.55. The van der Waals surface area contributed by atoms with Crippen LogP contribution in [0.5, 0.6) is 5.75 Å². The van der Waals surface area contributed by atoms with Crippen molar-refractivity contribution in [2.45, 2.75) is 26.3 Å². The van der Waals surface area contributed by atoms with Crippen molar-refractivity contribution in [1.82, 2.24) is 5.32 Å². The van der Waals surface area contributed by atoms with E-state index in [0.29, 0.717) is 22.7 Å². The molecule has 1 atom stereocenters. The van der Waals surface area contributed by atoms with Crippen LogP contribution in [0.1, 0.15) is 30.6 Å². The molecule has 164 valence electrons. The second kappa shape index (κ2) is 11.3. The third kappa shape index (κ3) is 7.81. The van der Waals surface area contributed by atoms with Crippen molar-refractivity contribution in [3.05, 3.63) is 54.1 Å². The number of ether oxygens (including phenoxy) is 2. The van der Waals surface area contributed by atoms with Gasteiger partial charge in [0.05, 0.1) is 19.2 Å². The molecule has 0 saturated heterocycles. The third-order valence-corrected chi connectivity index (χ3v) is 4.04. The number of methoxy groups -OCH3 is 1. The molecule has 0 aromatic heterocycles. The lowest BCUT2D eigenvalue weighted by atomic mass is 10.2. The first kappa shape index (κ1) is 23.4. The van der Waals surface area contributed by atoms with Crippen molar-refractivity contribution in [1.29, 1.82) is 0 Å². The van der Waals surface area contributed by atoms with Crippen LogP contribution >= 0.6 is 0 Å². The maximum absolute atomic E-state index is 12.2. The van der Waals surface area contributed by atoms with Crippen LogP contribution < -0.4 is 20.7 Å². The number of carbonyl (C=O) groups is 4. The Bertz CT molecular complexity index is 946. The van der Waals surface area contributed by atoms with Gasteiger partial charge in [0.25, 0.3) is 11.8 Å². The Kier molecular flexibility index (Phi) is 8.56. The standard InChI is InChI=1S/C22H25N3O6/c1-14(23-22(29)16-7-5-4-6-8-16)11-21(28)31-13-20(27)25-18-12-17(24-15(2)26)9-10-19(18)30-3/h4-10,12,14H,11,13H2,1-3H3,(H,23,29)(H,24,26)(H,25,27). The van der Waals surface area contributed by atoms with Gasteiger partial charge < -0.3 is 25.4 Å². The summed E-state index contributed by atoms with van der Waals surface area (Å²) < 4.78 is 10.2. The molecule has 0 aliphatic carbocycles. The van der Waals surface area contributed by atoms with Crippen LogP contribution in [0.4, 0.5) is 11.4 Å². The van der Waals surface area contributed by atoms with Gasteiger partial charge in [-0.3, -0.25) is 19.2 Å². The Morgan fingerprint density at radius 2 is 1.71 bits per heavy atom. The molecule has 0 spiro atoms. The zero-order valence-electron chi connectivity index (χ0n) is 17.6. The van der Waals surface area contributed by atoms with Crippen molar-refractivity contribution >= 4 is 35.1 Å². The van der Waals surface area contributed by atoms with Gasteiger partial charge in [-0.1, -0.05) is 18.2 Å². The van der Waals surface area contributed by atoms with Gasteiger partial charge in [0.1, 0.15) is 5.75 Å². The molecule has 2 rings (SSSR count). The number of anilines is 2. The summed E-state index contributed by atoms with van der Waals surface area (Å²) in [4.78, 5) is 47.5. The molecule has 2 aromatic rings. The van der Waals surface area contributed by atoms with E-state index in [-0.39, 0.29) is 18.2 Å². The number of rotatable bonds is 9. The summed E-state index contributed by atoms with van der Waals surface area (Å²) in [6, 6.07) is 12.9. The van der Waals surface area contributed by atoms with Crippen LogP contribution in [-0.4, -0.2) is 43.4 Å². The molecule has 0 aliphatic heterocycles. The van der Waals surface area contributed by atoms with Crippen molar-refractivity contribution in [2.75, 3.05) is 24.4 Å². The fraction of sp³-hybridized carbons (Fsp3) is 0.273. The first-order valence-corrected chi connectivity index (χ1v) is 9.55. The van der Waals surface area contributed by atoms with Gasteiger partial charge >= 0.3 is 5.97 Å². The lowest BCUT2D eigenvalue weighted by molar-refractivity contribution is -0.147. The monoisotopic (exact) mass is 427 g/mol. The van der Waals surface area contributed by atoms with Crippen molar-refractivity contribution in [3.8, 4) is 5.75 Å². The molecular weight excluding hydrogens is 402 g/mol. The lowest BCUT2D eigenvalue weighted by Crippen LogP contribution is -2.35. The fourth-order valence-electron chi connectivity index (χ4n) is 2.68. The van der Waals surface area contributed by atoms with Crippen LogP contribution in [0, 0.1) is 0 Å². The minimum atomic E-state index is -0.630. The van der Waals surface area contributed by atoms with Crippen LogP contribution in [0.25, 0.3) is 0 Å². The Morgan fingerprint density at radius 1 is 1.00 bits per heavy atom. The number of esters is 1. The van der Waals surface area contributed by atoms with Crippen LogP contribution in [0.2, 0.25) is 0 Å². The summed E-state index contributed by atoms with van der Waals surface area (Å²) >= 11 is 0. The van der Waals surface area contributed by atoms with Gasteiger partial charge in [-0.15, -0.1) is 0 Å². The Labute approximate surface area is 180 Å². The number of hydrogen-bond donors (Lipinski definition) is 3. The topological polar surface area (TPSA) is 123 Å². The van der Waals surface area contributed by atoms with E-state index in [1.165, 1.54) is 20.1 Å². The smallest absolute Gasteiger partial charge is 0.308 e. The second-order valence-electron chi connectivity index (χ2n) is 6.75. The van der Waals surface area contributed by atoms with Gasteiger partial charge in [0.15, 0.2) is 6.61 Å². The molecule has 0 saturated carbocycles. The normalized spacial score (nSPS) is 11.1. The number of benzene rings is 2. The highest BCUT2D eigenvalue weighted by Crippen LogP contribution is 2.27. The van der Waals surface area contributed by atoms with Crippen molar-refractivity contribution < 1.29 is 28.7 Å². The SMILES string of the molecule is COc1ccc(NC(C)=O)cc1NC(=O)COC(=O)CC(C)NC(=O)c1ccccc1. The molecule has 2 aromatic carbocycles. The second-order valence-corrected chi connectivity index (χ2v) is 6.75. The van der Waals surface area contributed by atoms with E-state index in [1.807, 2.05) is 0 Å². The van der Waals surface area contributed by atoms with Crippen molar-refractivity contribution in [2.24, 2.45) is 0 Å². The van der Waals surface area contributed by atoms with Crippen LogP contribution in [0.3, 0.4) is 0 Å². The number of hydrogen-bond acceptors (Lipinski definition) is 6. The minimum Gasteiger partial charge on any atom is -0.495 e. The Hall–Kier alpha value is -3.88. The average Bonchev–Trinajstić information content (AvgIpc) is 2.72. The van der Waals surface area contributed by atoms with E-state index in [2.05, 4.69) is 16.0 Å². The van der Waals surface area contributed by atoms with Crippen molar-refractivity contribution in [3.63, 3.8) is 0 Å². The van der Waals surface area contributed by atoms with E-state index in [4.69, 9.17) is 9.47 Å². The molecule has 3 amide bonds. The summed E-state index contributed by atoms with van der Waals surface area (Å²) in [5.74, 6) is -1.39. The molecule has 0 fully saturated rings. The summed E-state index contributed by atoms with van der Waals surface area (Å²) in [5, 5.41) is 7.88. The van der Waals surface area contributed by atoms with E-state index >= 15 is 0 Å². The maximum Gasteiger partial charge on any atom is 0.308 e. The van der Waals surface area contributed by atoms with Gasteiger partial charge in [-0.25, -0.2) is 0 Å². The predicted octanol–water partition coefficient (Wildman–Crippen LogP) is 2.34. The number of amides is 3. The molecule has 3 N–H and O–H groups in total. The molecule has 0 radical (unpaired) electrons. The van der Waals surface area contributed by atoms with Gasteiger partial charge in [-0.05, 0) is 37.3 Å². The highest BCUT2D eigenvalue weighted by atomic mass is 16.5. The number of carbonyl (C=O) groups excluding carboxylic acids is 4. The fourth-order valence-corrected chi connectivity index (χ4v) is 2.68. The average molecular weight is 427 g/mol. The molecule has 0 bridgehead atoms. The Morgan fingerprint density at radius 3 is 2.35 bits per heavy atom. The molecule has 0 heterocycles. The number of nitrogens with one attached hydrogen (secondary N) is 3. The highest BCUT2D eigenvalue weighted by molar-refractivity contribution is 5.96. The maximum atomic E-state index is 12.2. The largest absolute Gasteiger partial charge is 0.495 e. The molecule has 31 heavy (non-hydrogen) atoms. The van der Waals surface area contributed by atoms with Gasteiger partial charge in [-0.2, -0.15) is 0 Å².